The number of carboxylic acid groups (broad SMARTS) is 1. The Hall–Kier alpha value is -1.89. The van der Waals surface area contributed by atoms with Gasteiger partial charge >= 0.3 is 5.97 Å². The highest BCUT2D eigenvalue weighted by atomic mass is 127. The second kappa shape index (κ2) is 7.93. The van der Waals surface area contributed by atoms with Crippen LogP contribution in [0.2, 0.25) is 0 Å². The van der Waals surface area contributed by atoms with Crippen LogP contribution in [0.1, 0.15) is 11.1 Å². The first-order chi connectivity index (χ1) is 10.5. The molecule has 2 N–H and O–H groups in total. The molecule has 0 aliphatic rings. The Bertz CT molecular complexity index is 658. The molecule has 0 unspecified atom stereocenters. The molecule has 22 heavy (non-hydrogen) atoms. The number of carbonyl (C=O) groups is 2. The number of hydrogen-bond donors (Lipinski definition) is 2. The zero-order valence-corrected chi connectivity index (χ0v) is 14.0. The first kappa shape index (κ1) is 16.5. The lowest BCUT2D eigenvalue weighted by Crippen LogP contribution is -2.43. The van der Waals surface area contributed by atoms with Crippen molar-refractivity contribution in [1.29, 1.82) is 0 Å². The molecule has 0 saturated carbocycles. The van der Waals surface area contributed by atoms with Gasteiger partial charge in [-0.1, -0.05) is 42.5 Å². The highest BCUT2D eigenvalue weighted by Gasteiger charge is 2.20. The molecule has 2 rings (SSSR count). The van der Waals surface area contributed by atoms with Gasteiger partial charge in [0.05, 0.1) is 6.42 Å². The van der Waals surface area contributed by atoms with Crippen LogP contribution in [-0.4, -0.2) is 23.0 Å². The van der Waals surface area contributed by atoms with E-state index in [1.165, 1.54) is 0 Å². The van der Waals surface area contributed by atoms with Crippen LogP contribution in [0.25, 0.3) is 0 Å². The van der Waals surface area contributed by atoms with Gasteiger partial charge in [0.25, 0.3) is 0 Å². The second-order valence-corrected chi connectivity index (χ2v) is 6.20. The molecule has 2 aromatic carbocycles. The SMILES string of the molecule is O=C(Cc1ccccc1)N[C@H](Cc1cccc(I)c1)C(=O)O. The Balaban J connectivity index is 1.99. The number of hydrogen-bond acceptors (Lipinski definition) is 2. The highest BCUT2D eigenvalue weighted by Crippen LogP contribution is 2.10. The van der Waals surface area contributed by atoms with Crippen molar-refractivity contribution in [1.82, 2.24) is 5.32 Å². The fraction of sp³-hybridized carbons (Fsp3) is 0.176. The summed E-state index contributed by atoms with van der Waals surface area (Å²) in [7, 11) is 0. The number of aliphatic carboxylic acids is 1. The van der Waals surface area contributed by atoms with Crippen LogP contribution >= 0.6 is 22.6 Å². The highest BCUT2D eigenvalue weighted by molar-refractivity contribution is 14.1. The van der Waals surface area contributed by atoms with E-state index in [1.54, 1.807) is 0 Å². The summed E-state index contributed by atoms with van der Waals surface area (Å²) in [5.74, 6) is -1.32. The fourth-order valence-electron chi connectivity index (χ4n) is 2.13. The molecule has 0 heterocycles. The van der Waals surface area contributed by atoms with E-state index in [0.29, 0.717) is 0 Å². The minimum Gasteiger partial charge on any atom is -0.480 e. The molecule has 0 fully saturated rings. The predicted octanol–water partition coefficient (Wildman–Crippen LogP) is 2.65. The van der Waals surface area contributed by atoms with Gasteiger partial charge in [-0.25, -0.2) is 4.79 Å². The third kappa shape index (κ3) is 5.14. The van der Waals surface area contributed by atoms with Crippen molar-refractivity contribution in [2.75, 3.05) is 0 Å². The molecule has 2 aromatic rings. The number of carboxylic acids is 1. The molecule has 0 aliphatic carbocycles. The average Bonchev–Trinajstić information content (AvgIpc) is 2.47. The third-order valence-corrected chi connectivity index (χ3v) is 3.84. The summed E-state index contributed by atoms with van der Waals surface area (Å²) in [5, 5.41) is 11.9. The van der Waals surface area contributed by atoms with Crippen molar-refractivity contribution in [2.24, 2.45) is 0 Å². The maximum absolute atomic E-state index is 12.0. The van der Waals surface area contributed by atoms with Crippen molar-refractivity contribution in [3.05, 3.63) is 69.3 Å². The van der Waals surface area contributed by atoms with Crippen LogP contribution in [-0.2, 0) is 22.4 Å². The van der Waals surface area contributed by atoms with E-state index in [4.69, 9.17) is 0 Å². The molecule has 5 heteroatoms. The minimum absolute atomic E-state index is 0.178. The molecule has 0 saturated heterocycles. The lowest BCUT2D eigenvalue weighted by Gasteiger charge is -2.15. The number of halogens is 1. The summed E-state index contributed by atoms with van der Waals surface area (Å²) >= 11 is 2.18. The first-order valence-electron chi connectivity index (χ1n) is 6.85. The lowest BCUT2D eigenvalue weighted by atomic mass is 10.1. The zero-order chi connectivity index (χ0) is 15.9. The summed E-state index contributed by atoms with van der Waals surface area (Å²) in [6.07, 6.45) is 0.448. The number of amides is 1. The Morgan fingerprint density at radius 1 is 1.05 bits per heavy atom. The summed E-state index contributed by atoms with van der Waals surface area (Å²) in [6, 6.07) is 15.9. The van der Waals surface area contributed by atoms with Crippen LogP contribution in [0.3, 0.4) is 0 Å². The third-order valence-electron chi connectivity index (χ3n) is 3.17. The summed E-state index contributed by atoms with van der Waals surface area (Å²) in [5.41, 5.74) is 1.75. The van der Waals surface area contributed by atoms with E-state index in [-0.39, 0.29) is 18.7 Å². The lowest BCUT2D eigenvalue weighted by molar-refractivity contribution is -0.141. The summed E-state index contributed by atoms with van der Waals surface area (Å²) < 4.78 is 1.04. The number of carbonyl (C=O) groups excluding carboxylic acids is 1. The van der Waals surface area contributed by atoms with Crippen LogP contribution in [0.5, 0.6) is 0 Å². The fourth-order valence-corrected chi connectivity index (χ4v) is 2.73. The van der Waals surface area contributed by atoms with Crippen molar-refractivity contribution >= 4 is 34.5 Å². The minimum atomic E-state index is -1.03. The van der Waals surface area contributed by atoms with E-state index in [9.17, 15) is 14.7 Å². The largest absolute Gasteiger partial charge is 0.480 e. The molecule has 0 bridgehead atoms. The quantitative estimate of drug-likeness (QED) is 0.722. The van der Waals surface area contributed by atoms with Gasteiger partial charge in [0.1, 0.15) is 6.04 Å². The molecular weight excluding hydrogens is 393 g/mol. The molecule has 0 aliphatic heterocycles. The van der Waals surface area contributed by atoms with Crippen LogP contribution in [0.4, 0.5) is 0 Å². The van der Waals surface area contributed by atoms with Crippen molar-refractivity contribution < 1.29 is 14.7 Å². The second-order valence-electron chi connectivity index (χ2n) is 4.95. The zero-order valence-electron chi connectivity index (χ0n) is 11.8. The van der Waals surface area contributed by atoms with E-state index in [1.807, 2.05) is 54.6 Å². The number of nitrogens with one attached hydrogen (secondary N) is 1. The van der Waals surface area contributed by atoms with E-state index < -0.39 is 12.0 Å². The molecule has 1 amide bonds. The Morgan fingerprint density at radius 2 is 1.73 bits per heavy atom. The first-order valence-corrected chi connectivity index (χ1v) is 7.93. The number of rotatable bonds is 6. The van der Waals surface area contributed by atoms with Crippen molar-refractivity contribution in [3.63, 3.8) is 0 Å². The van der Waals surface area contributed by atoms with E-state index in [0.717, 1.165) is 14.7 Å². The van der Waals surface area contributed by atoms with Gasteiger partial charge in [-0.05, 0) is 45.9 Å². The molecule has 0 spiro atoms. The van der Waals surface area contributed by atoms with Gasteiger partial charge in [0, 0.05) is 9.99 Å². The van der Waals surface area contributed by atoms with E-state index in [2.05, 4.69) is 27.9 Å². The topological polar surface area (TPSA) is 66.4 Å². The maximum atomic E-state index is 12.0. The van der Waals surface area contributed by atoms with Gasteiger partial charge in [-0.15, -0.1) is 0 Å². The smallest absolute Gasteiger partial charge is 0.326 e. The molecular formula is C17H16INO3. The predicted molar refractivity (Wildman–Crippen MR) is 92.6 cm³/mol. The average molecular weight is 409 g/mol. The molecule has 1 atom stereocenters. The summed E-state index contributed by atoms with van der Waals surface area (Å²) in [6.45, 7) is 0. The summed E-state index contributed by atoms with van der Waals surface area (Å²) in [4.78, 5) is 23.4. The van der Waals surface area contributed by atoms with Crippen molar-refractivity contribution in [3.8, 4) is 0 Å². The van der Waals surface area contributed by atoms with Gasteiger partial charge < -0.3 is 10.4 Å². The maximum Gasteiger partial charge on any atom is 0.326 e. The Morgan fingerprint density at radius 3 is 2.36 bits per heavy atom. The normalized spacial score (nSPS) is 11.7. The van der Waals surface area contributed by atoms with Crippen LogP contribution in [0, 0.1) is 3.57 Å². The van der Waals surface area contributed by atoms with Crippen LogP contribution in [0.15, 0.2) is 54.6 Å². The Kier molecular flexibility index (Phi) is 5.94. The van der Waals surface area contributed by atoms with Crippen molar-refractivity contribution in [2.45, 2.75) is 18.9 Å². The van der Waals surface area contributed by atoms with Gasteiger partial charge in [0.2, 0.25) is 5.91 Å². The molecule has 114 valence electrons. The van der Waals surface area contributed by atoms with Gasteiger partial charge in [0.15, 0.2) is 0 Å². The van der Waals surface area contributed by atoms with E-state index >= 15 is 0 Å². The van der Waals surface area contributed by atoms with Crippen LogP contribution < -0.4 is 5.32 Å². The number of benzene rings is 2. The van der Waals surface area contributed by atoms with Gasteiger partial charge in [-0.3, -0.25) is 4.79 Å². The molecule has 0 aromatic heterocycles. The monoisotopic (exact) mass is 409 g/mol. The molecule has 0 radical (unpaired) electrons. The Labute approximate surface area is 142 Å². The van der Waals surface area contributed by atoms with Gasteiger partial charge in [-0.2, -0.15) is 0 Å². The standard InChI is InChI=1S/C17H16INO3/c18-14-8-4-7-13(9-14)10-15(17(21)22)19-16(20)11-12-5-2-1-3-6-12/h1-9,15H,10-11H2,(H,19,20)(H,21,22)/t15-/m1/s1. The molecule has 4 nitrogen and oxygen atoms in total.